The fraction of sp³-hybridized carbons (Fsp3) is 0.750. The normalized spacial score (nSPS) is 25.9. The molecule has 5 nitrogen and oxygen atoms in total. The molecule has 2 aliphatic rings. The van der Waals surface area contributed by atoms with E-state index >= 15 is 0 Å². The van der Waals surface area contributed by atoms with Crippen LogP contribution in [0.25, 0.3) is 0 Å². The van der Waals surface area contributed by atoms with Crippen LogP contribution < -0.4 is 24.4 Å². The summed E-state index contributed by atoms with van der Waals surface area (Å²) in [5.41, 5.74) is 7.60. The predicted molar refractivity (Wildman–Crippen MR) is 36.8 cm³/mol. The summed E-state index contributed by atoms with van der Waals surface area (Å²) in [5.74, 6) is 0. The minimum absolute atomic E-state index is 0.697. The summed E-state index contributed by atoms with van der Waals surface area (Å²) in [5, 5.41) is 0. The summed E-state index contributed by atoms with van der Waals surface area (Å²) in [4.78, 5) is 0. The third kappa shape index (κ3) is 3.91. The van der Waals surface area contributed by atoms with E-state index in [1.54, 1.807) is 11.1 Å². The fourth-order valence-corrected chi connectivity index (χ4v) is 2.13. The first-order chi connectivity index (χ1) is 6.38. The van der Waals surface area contributed by atoms with E-state index < -0.39 is 10.2 Å². The molecule has 0 aromatic rings. The molecule has 2 aliphatic carbocycles. The molecular weight excluding hydrogens is 210 g/mol. The molecule has 0 aromatic heterocycles. The van der Waals surface area contributed by atoms with E-state index in [9.17, 15) is 0 Å². The highest BCUT2D eigenvalue weighted by Gasteiger charge is 2.27. The second-order valence-corrected chi connectivity index (χ2v) is 4.35. The molecule has 0 saturated heterocycles. The van der Waals surface area contributed by atoms with Crippen molar-refractivity contribution in [3.8, 4) is 0 Å². The Morgan fingerprint density at radius 1 is 1.07 bits per heavy atom. The first-order valence-electron chi connectivity index (χ1n) is 4.53. The van der Waals surface area contributed by atoms with Gasteiger partial charge in [-0.2, -0.15) is 0 Å². The van der Waals surface area contributed by atoms with Gasteiger partial charge in [-0.05, 0) is 31.3 Å². The van der Waals surface area contributed by atoms with E-state index in [4.69, 9.17) is 18.6 Å². The van der Waals surface area contributed by atoms with Crippen LogP contribution in [0.4, 0.5) is 0 Å². The third-order valence-corrected chi connectivity index (χ3v) is 2.67. The molecule has 0 aromatic carbocycles. The van der Waals surface area contributed by atoms with Crippen LogP contribution in [0.1, 0.15) is 32.1 Å². The zero-order valence-corrected chi connectivity index (χ0v) is 8.59. The van der Waals surface area contributed by atoms with Crippen molar-refractivity contribution in [3.05, 3.63) is 11.1 Å². The third-order valence-electron chi connectivity index (χ3n) is 2.67. The standard InChI is InChI=1S/C8H13N.ClHO4/c9-8-5-4-6-2-1-3-7(6)8;2-1(3,4)5/h8H,1-5,9H2;(H,2,3,4,5). The lowest BCUT2D eigenvalue weighted by Crippen LogP contribution is -2.68. The molecule has 0 spiro atoms. The lowest BCUT2D eigenvalue weighted by atomic mass is 10.1. The zero-order chi connectivity index (χ0) is 10.8. The van der Waals surface area contributed by atoms with Gasteiger partial charge in [-0.1, -0.05) is 5.57 Å². The average molecular weight is 224 g/mol. The summed E-state index contributed by atoms with van der Waals surface area (Å²) in [6.07, 6.45) is 6.87. The topological polar surface area (TPSA) is 120 Å². The summed E-state index contributed by atoms with van der Waals surface area (Å²) >= 11 is 0. The van der Waals surface area contributed by atoms with Crippen LogP contribution >= 0.6 is 0 Å². The molecule has 6 heteroatoms. The molecule has 0 saturated carbocycles. The van der Waals surface area contributed by atoms with Gasteiger partial charge in [-0.15, -0.1) is 10.2 Å². The van der Waals surface area contributed by atoms with Gasteiger partial charge in [0.25, 0.3) is 0 Å². The summed E-state index contributed by atoms with van der Waals surface area (Å²) < 4.78 is 34.0. The Balaban J connectivity index is 0.000000171. The van der Waals surface area contributed by atoms with Gasteiger partial charge in [0, 0.05) is 6.42 Å². The Morgan fingerprint density at radius 3 is 2.14 bits per heavy atom. The van der Waals surface area contributed by atoms with Crippen LogP contribution in [-0.4, -0.2) is 6.04 Å². The minimum Gasteiger partial charge on any atom is -0.352 e. The fourth-order valence-electron chi connectivity index (χ4n) is 2.13. The van der Waals surface area contributed by atoms with Gasteiger partial charge in [0.15, 0.2) is 0 Å². The maximum Gasteiger partial charge on any atom is 0.106 e. The summed E-state index contributed by atoms with van der Waals surface area (Å²) in [6.45, 7) is 0. The van der Waals surface area contributed by atoms with Crippen molar-refractivity contribution < 1.29 is 34.6 Å². The van der Waals surface area contributed by atoms with E-state index in [-0.39, 0.29) is 0 Å². The lowest BCUT2D eigenvalue weighted by Gasteiger charge is -2.17. The van der Waals surface area contributed by atoms with Crippen molar-refractivity contribution in [2.75, 3.05) is 0 Å². The van der Waals surface area contributed by atoms with Crippen LogP contribution in [0, 0.1) is 10.2 Å². The second kappa shape index (κ2) is 4.57. The Bertz CT molecular complexity index is 230. The van der Waals surface area contributed by atoms with Crippen molar-refractivity contribution in [1.82, 2.24) is 0 Å². The molecule has 0 fully saturated rings. The first-order valence-corrected chi connectivity index (χ1v) is 5.77. The van der Waals surface area contributed by atoms with E-state index in [1.807, 2.05) is 0 Å². The van der Waals surface area contributed by atoms with Gasteiger partial charge in [0.05, 0.1) is 0 Å². The quantitative estimate of drug-likeness (QED) is 0.422. The van der Waals surface area contributed by atoms with E-state index in [2.05, 4.69) is 5.73 Å². The van der Waals surface area contributed by atoms with E-state index in [1.165, 1.54) is 32.1 Å². The molecule has 82 valence electrons. The molecule has 3 N–H and O–H groups in total. The van der Waals surface area contributed by atoms with Crippen molar-refractivity contribution >= 4 is 0 Å². The van der Waals surface area contributed by atoms with Gasteiger partial charge >= 0.3 is 0 Å². The molecule has 2 rings (SSSR count). The number of halogens is 1. The molecular formula is C8H14ClNO4. The van der Waals surface area contributed by atoms with Crippen molar-refractivity contribution in [2.45, 2.75) is 38.1 Å². The predicted octanol–water partition coefficient (Wildman–Crippen LogP) is -3.88. The number of hydrogen-bond acceptors (Lipinski definition) is 4. The summed E-state index contributed by atoms with van der Waals surface area (Å²) in [6, 6.07) is 0.697. The van der Waals surface area contributed by atoms with Crippen molar-refractivity contribution in [3.63, 3.8) is 0 Å². The molecule has 0 aliphatic heterocycles. The summed E-state index contributed by atoms with van der Waals surface area (Å²) in [7, 11) is -4.94. The highest BCUT2D eigenvalue weighted by molar-refractivity contribution is 5.27. The Kier molecular flexibility index (Phi) is 3.88. The maximum atomic E-state index is 8.49. The maximum absolute atomic E-state index is 8.49. The molecule has 1 unspecified atom stereocenters. The van der Waals surface area contributed by atoms with E-state index in [0.29, 0.717) is 6.04 Å². The van der Waals surface area contributed by atoms with Crippen molar-refractivity contribution in [2.24, 2.45) is 0 Å². The molecule has 14 heavy (non-hydrogen) atoms. The molecule has 0 amide bonds. The molecule has 0 bridgehead atoms. The van der Waals surface area contributed by atoms with Crippen LogP contribution in [-0.2, 0) is 0 Å². The van der Waals surface area contributed by atoms with Gasteiger partial charge in [-0.25, -0.2) is 18.6 Å². The van der Waals surface area contributed by atoms with Crippen LogP contribution in [0.5, 0.6) is 0 Å². The molecule has 0 radical (unpaired) electrons. The van der Waals surface area contributed by atoms with Gasteiger partial charge in [0.2, 0.25) is 0 Å². The number of rotatable bonds is 0. The highest BCUT2D eigenvalue weighted by Crippen LogP contribution is 2.36. The number of quaternary nitrogens is 1. The van der Waals surface area contributed by atoms with Crippen molar-refractivity contribution in [1.29, 1.82) is 0 Å². The Labute approximate surface area is 84.6 Å². The Hall–Kier alpha value is -0.170. The highest BCUT2D eigenvalue weighted by atomic mass is 35.7. The van der Waals surface area contributed by atoms with Crippen LogP contribution in [0.3, 0.4) is 0 Å². The van der Waals surface area contributed by atoms with Gasteiger partial charge in [0.1, 0.15) is 6.04 Å². The first kappa shape index (κ1) is 11.9. The average Bonchev–Trinajstić information content (AvgIpc) is 2.52. The SMILES string of the molecule is [NH3+]C1CCC2=C1CCC2.[O-][Cl+3]([O-])([O-])[O-]. The largest absolute Gasteiger partial charge is 0.352 e. The van der Waals surface area contributed by atoms with Crippen LogP contribution in [0.2, 0.25) is 0 Å². The smallest absolute Gasteiger partial charge is 0.106 e. The zero-order valence-electron chi connectivity index (χ0n) is 7.83. The molecule has 0 heterocycles. The second-order valence-electron chi connectivity index (χ2n) is 3.60. The number of hydrogen-bond donors (Lipinski definition) is 1. The number of allylic oxidation sites excluding steroid dienone is 1. The minimum atomic E-state index is -4.94. The van der Waals surface area contributed by atoms with Gasteiger partial charge in [-0.3, -0.25) is 0 Å². The monoisotopic (exact) mass is 223 g/mol. The van der Waals surface area contributed by atoms with Crippen LogP contribution in [0.15, 0.2) is 11.1 Å². The molecule has 1 atom stereocenters. The lowest BCUT2D eigenvalue weighted by molar-refractivity contribution is -2.00. The Morgan fingerprint density at radius 2 is 1.64 bits per heavy atom. The van der Waals surface area contributed by atoms with Gasteiger partial charge < -0.3 is 5.73 Å². The van der Waals surface area contributed by atoms with E-state index in [0.717, 1.165) is 0 Å².